The zero-order chi connectivity index (χ0) is 18.5. The Bertz CT molecular complexity index is 870. The summed E-state index contributed by atoms with van der Waals surface area (Å²) in [5.74, 6) is 1.23. The van der Waals surface area contributed by atoms with Crippen LogP contribution in [0.1, 0.15) is 22.6 Å². The lowest BCUT2D eigenvalue weighted by molar-refractivity contribution is -0.121. The molecule has 4 heteroatoms. The Morgan fingerprint density at radius 3 is 2.15 bits per heavy atom. The van der Waals surface area contributed by atoms with E-state index in [9.17, 15) is 4.79 Å². The van der Waals surface area contributed by atoms with Gasteiger partial charge in [-0.3, -0.25) is 4.79 Å². The third-order valence-electron chi connectivity index (χ3n) is 4.68. The molecular formula is C23H21NO3. The Morgan fingerprint density at radius 1 is 0.852 bits per heavy atom. The van der Waals surface area contributed by atoms with Gasteiger partial charge in [0.1, 0.15) is 0 Å². The molecule has 1 aliphatic heterocycles. The lowest BCUT2D eigenvalue weighted by Gasteiger charge is -2.18. The Hall–Kier alpha value is -3.27. The van der Waals surface area contributed by atoms with E-state index in [0.29, 0.717) is 6.54 Å². The summed E-state index contributed by atoms with van der Waals surface area (Å²) in [5, 5.41) is 3.08. The topological polar surface area (TPSA) is 47.6 Å². The van der Waals surface area contributed by atoms with Gasteiger partial charge in [0.25, 0.3) is 0 Å². The number of fused-ring (bicyclic) bond motifs is 1. The van der Waals surface area contributed by atoms with Crippen LogP contribution >= 0.6 is 0 Å². The summed E-state index contributed by atoms with van der Waals surface area (Å²) >= 11 is 0. The summed E-state index contributed by atoms with van der Waals surface area (Å²) in [7, 11) is 0. The summed E-state index contributed by atoms with van der Waals surface area (Å²) in [5.41, 5.74) is 3.09. The smallest absolute Gasteiger partial charge is 0.232 e. The minimum Gasteiger partial charge on any atom is -0.454 e. The van der Waals surface area contributed by atoms with Crippen molar-refractivity contribution >= 4 is 5.91 Å². The molecule has 0 saturated carbocycles. The third kappa shape index (κ3) is 3.95. The first-order valence-electron chi connectivity index (χ1n) is 9.07. The highest BCUT2D eigenvalue weighted by Gasteiger charge is 2.22. The first-order chi connectivity index (χ1) is 13.3. The van der Waals surface area contributed by atoms with Crippen molar-refractivity contribution in [1.82, 2.24) is 5.32 Å². The molecule has 0 aromatic heterocycles. The van der Waals surface area contributed by atoms with Crippen LogP contribution in [0, 0.1) is 0 Å². The highest BCUT2D eigenvalue weighted by molar-refractivity contribution is 5.87. The Balaban J connectivity index is 1.44. The number of benzene rings is 3. The number of ether oxygens (including phenoxy) is 2. The summed E-state index contributed by atoms with van der Waals surface area (Å²) in [4.78, 5) is 13.0. The van der Waals surface area contributed by atoms with Gasteiger partial charge in [-0.25, -0.2) is 0 Å². The van der Waals surface area contributed by atoms with E-state index >= 15 is 0 Å². The molecule has 0 atom stereocenters. The molecule has 0 saturated heterocycles. The number of rotatable bonds is 6. The molecule has 1 heterocycles. The van der Waals surface area contributed by atoms with Gasteiger partial charge < -0.3 is 14.8 Å². The van der Waals surface area contributed by atoms with Crippen molar-refractivity contribution in [2.45, 2.75) is 12.3 Å². The Morgan fingerprint density at radius 2 is 1.48 bits per heavy atom. The molecule has 0 spiro atoms. The second-order valence-corrected chi connectivity index (χ2v) is 6.48. The van der Waals surface area contributed by atoms with Gasteiger partial charge in [-0.15, -0.1) is 0 Å². The van der Waals surface area contributed by atoms with Gasteiger partial charge in [-0.05, 0) is 35.2 Å². The van der Waals surface area contributed by atoms with Crippen molar-refractivity contribution in [3.8, 4) is 11.5 Å². The van der Waals surface area contributed by atoms with Crippen molar-refractivity contribution in [1.29, 1.82) is 0 Å². The van der Waals surface area contributed by atoms with E-state index in [1.807, 2.05) is 78.9 Å². The molecule has 1 amide bonds. The predicted octanol–water partition coefficient (Wildman–Crippen LogP) is 3.91. The fourth-order valence-electron chi connectivity index (χ4n) is 3.31. The summed E-state index contributed by atoms with van der Waals surface area (Å²) in [6.45, 7) is 0.833. The van der Waals surface area contributed by atoms with E-state index in [0.717, 1.165) is 34.6 Å². The van der Waals surface area contributed by atoms with Gasteiger partial charge in [0.15, 0.2) is 11.5 Å². The maximum atomic E-state index is 13.0. The number of hydrogen-bond donors (Lipinski definition) is 1. The van der Waals surface area contributed by atoms with Crippen LogP contribution in [0.5, 0.6) is 11.5 Å². The molecule has 4 rings (SSSR count). The maximum absolute atomic E-state index is 13.0. The predicted molar refractivity (Wildman–Crippen MR) is 104 cm³/mol. The van der Waals surface area contributed by atoms with Crippen LogP contribution in [0.2, 0.25) is 0 Å². The molecule has 0 unspecified atom stereocenters. The molecule has 0 fully saturated rings. The second-order valence-electron chi connectivity index (χ2n) is 6.48. The standard InChI is InChI=1S/C23H21NO3/c25-23(24-14-13-17-11-12-20-21(15-17)27-16-26-20)22(18-7-3-1-4-8-18)19-9-5-2-6-10-19/h1-12,15,22H,13-14,16H2,(H,24,25). The highest BCUT2D eigenvalue weighted by Crippen LogP contribution is 2.32. The Labute approximate surface area is 158 Å². The van der Waals surface area contributed by atoms with E-state index in [2.05, 4.69) is 5.32 Å². The Kier molecular flexibility index (Phi) is 5.06. The number of carbonyl (C=O) groups is 1. The van der Waals surface area contributed by atoms with Crippen molar-refractivity contribution in [2.24, 2.45) is 0 Å². The first kappa shape index (κ1) is 17.2. The van der Waals surface area contributed by atoms with Crippen LogP contribution in [0.3, 0.4) is 0 Å². The lowest BCUT2D eigenvalue weighted by atomic mass is 9.90. The number of hydrogen-bond acceptors (Lipinski definition) is 3. The van der Waals surface area contributed by atoms with Crippen molar-refractivity contribution < 1.29 is 14.3 Å². The molecule has 1 aliphatic rings. The van der Waals surface area contributed by atoms with E-state index < -0.39 is 0 Å². The number of amides is 1. The summed E-state index contributed by atoms with van der Waals surface area (Å²) in [6.07, 6.45) is 0.735. The van der Waals surface area contributed by atoms with Crippen LogP contribution in [-0.4, -0.2) is 19.2 Å². The van der Waals surface area contributed by atoms with Crippen LogP contribution in [0.25, 0.3) is 0 Å². The minimum absolute atomic E-state index is 0.00754. The number of carbonyl (C=O) groups excluding carboxylic acids is 1. The summed E-state index contributed by atoms with van der Waals surface area (Å²) < 4.78 is 10.7. The molecule has 3 aromatic rings. The van der Waals surface area contributed by atoms with Gasteiger partial charge in [0.2, 0.25) is 12.7 Å². The van der Waals surface area contributed by atoms with E-state index in [-0.39, 0.29) is 18.6 Å². The zero-order valence-electron chi connectivity index (χ0n) is 14.9. The van der Waals surface area contributed by atoms with E-state index in [1.54, 1.807) is 0 Å². The molecule has 0 radical (unpaired) electrons. The molecule has 0 aliphatic carbocycles. The highest BCUT2D eigenvalue weighted by atomic mass is 16.7. The van der Waals surface area contributed by atoms with Crippen molar-refractivity contribution in [3.05, 3.63) is 95.6 Å². The van der Waals surface area contributed by atoms with Crippen molar-refractivity contribution in [2.75, 3.05) is 13.3 Å². The minimum atomic E-state index is -0.316. The lowest BCUT2D eigenvalue weighted by Crippen LogP contribution is -2.31. The molecule has 0 bridgehead atoms. The van der Waals surface area contributed by atoms with Crippen LogP contribution < -0.4 is 14.8 Å². The maximum Gasteiger partial charge on any atom is 0.232 e. The van der Waals surface area contributed by atoms with E-state index in [4.69, 9.17) is 9.47 Å². The molecule has 27 heavy (non-hydrogen) atoms. The molecule has 4 nitrogen and oxygen atoms in total. The van der Waals surface area contributed by atoms with Gasteiger partial charge in [-0.1, -0.05) is 66.7 Å². The normalized spacial score (nSPS) is 12.2. The third-order valence-corrected chi connectivity index (χ3v) is 4.68. The summed E-state index contributed by atoms with van der Waals surface area (Å²) in [6, 6.07) is 25.6. The molecule has 3 aromatic carbocycles. The quantitative estimate of drug-likeness (QED) is 0.726. The van der Waals surface area contributed by atoms with Gasteiger partial charge >= 0.3 is 0 Å². The first-order valence-corrected chi connectivity index (χ1v) is 9.07. The van der Waals surface area contributed by atoms with E-state index in [1.165, 1.54) is 0 Å². The monoisotopic (exact) mass is 359 g/mol. The number of nitrogens with one attached hydrogen (secondary N) is 1. The van der Waals surface area contributed by atoms with Crippen molar-refractivity contribution in [3.63, 3.8) is 0 Å². The average Bonchev–Trinajstić information content (AvgIpc) is 3.18. The largest absolute Gasteiger partial charge is 0.454 e. The van der Waals surface area contributed by atoms with Gasteiger partial charge in [-0.2, -0.15) is 0 Å². The SMILES string of the molecule is O=C(NCCc1ccc2c(c1)OCO2)C(c1ccccc1)c1ccccc1. The van der Waals surface area contributed by atoms with Crippen LogP contribution in [0.15, 0.2) is 78.9 Å². The second kappa shape index (κ2) is 7.96. The molecule has 136 valence electrons. The molecule has 1 N–H and O–H groups in total. The fraction of sp³-hybridized carbons (Fsp3) is 0.174. The van der Waals surface area contributed by atoms with Crippen LogP contribution in [-0.2, 0) is 11.2 Å². The average molecular weight is 359 g/mol. The van der Waals surface area contributed by atoms with Gasteiger partial charge in [0, 0.05) is 6.54 Å². The fourth-order valence-corrected chi connectivity index (χ4v) is 3.31. The van der Waals surface area contributed by atoms with Gasteiger partial charge in [0.05, 0.1) is 5.92 Å². The van der Waals surface area contributed by atoms with Crippen LogP contribution in [0.4, 0.5) is 0 Å². The zero-order valence-corrected chi connectivity index (χ0v) is 14.9. The molecular weight excluding hydrogens is 338 g/mol.